The number of nitrogens with zero attached hydrogens (tertiary/aromatic N) is 2. The van der Waals surface area contributed by atoms with Gasteiger partial charge in [0.1, 0.15) is 5.82 Å². The summed E-state index contributed by atoms with van der Waals surface area (Å²) < 4.78 is 5.15. The van der Waals surface area contributed by atoms with Gasteiger partial charge >= 0.3 is 0 Å². The SMILES string of the molecule is COc1ccc2[nH]c(C3(C(C)C)CCNC3)nc2n1. The van der Waals surface area contributed by atoms with Gasteiger partial charge in [0.25, 0.3) is 0 Å². The van der Waals surface area contributed by atoms with E-state index in [1.807, 2.05) is 12.1 Å². The minimum atomic E-state index is 0.0912. The second-order valence-electron chi connectivity index (χ2n) is 5.55. The van der Waals surface area contributed by atoms with Gasteiger partial charge in [-0.1, -0.05) is 13.8 Å². The first-order chi connectivity index (χ1) is 9.15. The lowest BCUT2D eigenvalue weighted by Crippen LogP contribution is -2.35. The van der Waals surface area contributed by atoms with E-state index < -0.39 is 0 Å². The fraction of sp³-hybridized carbons (Fsp3) is 0.571. The minimum Gasteiger partial charge on any atom is -0.481 e. The van der Waals surface area contributed by atoms with E-state index in [1.165, 1.54) is 0 Å². The Morgan fingerprint density at radius 2 is 2.16 bits per heavy atom. The Bertz CT molecular complexity index is 584. The summed E-state index contributed by atoms with van der Waals surface area (Å²) in [4.78, 5) is 12.5. The first kappa shape index (κ1) is 12.4. The van der Waals surface area contributed by atoms with E-state index in [4.69, 9.17) is 9.72 Å². The van der Waals surface area contributed by atoms with Crippen molar-refractivity contribution >= 4 is 11.2 Å². The molecule has 102 valence electrons. The first-order valence-corrected chi connectivity index (χ1v) is 6.78. The highest BCUT2D eigenvalue weighted by Gasteiger charge is 2.41. The summed E-state index contributed by atoms with van der Waals surface area (Å²) in [5.74, 6) is 2.18. The maximum absolute atomic E-state index is 5.15. The molecule has 19 heavy (non-hydrogen) atoms. The molecular formula is C14H20N4O. The normalized spacial score (nSPS) is 23.4. The van der Waals surface area contributed by atoms with Gasteiger partial charge in [-0.25, -0.2) is 4.98 Å². The number of aromatic amines is 1. The predicted molar refractivity (Wildman–Crippen MR) is 74.4 cm³/mol. The molecule has 0 bridgehead atoms. The van der Waals surface area contributed by atoms with Gasteiger partial charge in [-0.3, -0.25) is 0 Å². The third kappa shape index (κ3) is 1.89. The van der Waals surface area contributed by atoms with Crippen LogP contribution >= 0.6 is 0 Å². The quantitative estimate of drug-likeness (QED) is 0.884. The molecule has 1 aliphatic heterocycles. The largest absolute Gasteiger partial charge is 0.481 e. The van der Waals surface area contributed by atoms with Gasteiger partial charge in [0.2, 0.25) is 5.88 Å². The van der Waals surface area contributed by atoms with Crippen molar-refractivity contribution in [1.29, 1.82) is 0 Å². The number of hydrogen-bond acceptors (Lipinski definition) is 4. The number of H-pyrrole nitrogens is 1. The van der Waals surface area contributed by atoms with Crippen molar-refractivity contribution in [2.24, 2.45) is 5.92 Å². The number of ether oxygens (including phenoxy) is 1. The molecule has 1 fully saturated rings. The summed E-state index contributed by atoms with van der Waals surface area (Å²) in [6.45, 7) is 6.54. The van der Waals surface area contributed by atoms with E-state index in [1.54, 1.807) is 7.11 Å². The Balaban J connectivity index is 2.09. The molecule has 2 aromatic heterocycles. The zero-order chi connectivity index (χ0) is 13.5. The summed E-state index contributed by atoms with van der Waals surface area (Å²) in [6.07, 6.45) is 1.11. The molecule has 3 rings (SSSR count). The van der Waals surface area contributed by atoms with Crippen molar-refractivity contribution in [3.63, 3.8) is 0 Å². The average Bonchev–Trinajstić information content (AvgIpc) is 3.04. The van der Waals surface area contributed by atoms with Crippen LogP contribution in [0.4, 0.5) is 0 Å². The summed E-state index contributed by atoms with van der Waals surface area (Å²) >= 11 is 0. The molecule has 2 N–H and O–H groups in total. The van der Waals surface area contributed by atoms with Crippen molar-refractivity contribution in [1.82, 2.24) is 20.3 Å². The molecule has 2 aromatic rings. The van der Waals surface area contributed by atoms with Crippen molar-refractivity contribution in [2.75, 3.05) is 20.2 Å². The molecule has 0 radical (unpaired) electrons. The molecule has 1 unspecified atom stereocenters. The van der Waals surface area contributed by atoms with Crippen LogP contribution in [0, 0.1) is 5.92 Å². The van der Waals surface area contributed by atoms with Crippen molar-refractivity contribution in [3.8, 4) is 5.88 Å². The summed E-state index contributed by atoms with van der Waals surface area (Å²) in [6, 6.07) is 3.84. The van der Waals surface area contributed by atoms with Gasteiger partial charge in [0, 0.05) is 18.0 Å². The van der Waals surface area contributed by atoms with Crippen molar-refractivity contribution in [2.45, 2.75) is 25.7 Å². The number of nitrogens with one attached hydrogen (secondary N) is 2. The molecule has 0 aromatic carbocycles. The van der Waals surface area contributed by atoms with E-state index in [-0.39, 0.29) is 5.41 Å². The van der Waals surface area contributed by atoms with E-state index >= 15 is 0 Å². The lowest BCUT2D eigenvalue weighted by atomic mass is 9.76. The highest BCUT2D eigenvalue weighted by atomic mass is 16.5. The highest BCUT2D eigenvalue weighted by molar-refractivity contribution is 5.71. The molecule has 0 amide bonds. The van der Waals surface area contributed by atoms with E-state index in [0.29, 0.717) is 11.8 Å². The summed E-state index contributed by atoms with van der Waals surface area (Å²) in [5.41, 5.74) is 1.80. The Morgan fingerprint density at radius 1 is 1.32 bits per heavy atom. The zero-order valence-electron chi connectivity index (χ0n) is 11.7. The molecule has 0 saturated carbocycles. The summed E-state index contributed by atoms with van der Waals surface area (Å²) in [7, 11) is 1.62. The smallest absolute Gasteiger partial charge is 0.215 e. The second kappa shape index (κ2) is 4.49. The fourth-order valence-electron chi connectivity index (χ4n) is 2.90. The minimum absolute atomic E-state index is 0.0912. The van der Waals surface area contributed by atoms with E-state index in [0.717, 1.165) is 36.5 Å². The Morgan fingerprint density at radius 3 is 2.79 bits per heavy atom. The molecule has 3 heterocycles. The molecule has 0 spiro atoms. The molecular weight excluding hydrogens is 240 g/mol. The monoisotopic (exact) mass is 260 g/mol. The van der Waals surface area contributed by atoms with Gasteiger partial charge in [-0.15, -0.1) is 0 Å². The Kier molecular flexibility index (Phi) is 2.93. The van der Waals surface area contributed by atoms with Crippen molar-refractivity contribution in [3.05, 3.63) is 18.0 Å². The molecule has 1 saturated heterocycles. The van der Waals surface area contributed by atoms with Gasteiger partial charge in [-0.05, 0) is 24.9 Å². The fourth-order valence-corrected chi connectivity index (χ4v) is 2.90. The second-order valence-corrected chi connectivity index (χ2v) is 5.55. The van der Waals surface area contributed by atoms with Crippen LogP contribution in [-0.2, 0) is 5.41 Å². The number of methoxy groups -OCH3 is 1. The molecule has 5 nitrogen and oxygen atoms in total. The van der Waals surface area contributed by atoms with Gasteiger partial charge in [0.05, 0.1) is 12.6 Å². The van der Waals surface area contributed by atoms with Crippen LogP contribution in [0.5, 0.6) is 5.88 Å². The van der Waals surface area contributed by atoms with Crippen LogP contribution in [0.2, 0.25) is 0 Å². The Labute approximate surface area is 112 Å². The zero-order valence-corrected chi connectivity index (χ0v) is 11.7. The van der Waals surface area contributed by atoms with Gasteiger partial charge < -0.3 is 15.0 Å². The average molecular weight is 260 g/mol. The third-order valence-corrected chi connectivity index (χ3v) is 4.29. The summed E-state index contributed by atoms with van der Waals surface area (Å²) in [5, 5.41) is 3.45. The number of fused-ring (bicyclic) bond motifs is 1. The van der Waals surface area contributed by atoms with Crippen LogP contribution in [0.15, 0.2) is 12.1 Å². The van der Waals surface area contributed by atoms with Gasteiger partial charge in [-0.2, -0.15) is 4.98 Å². The number of imidazole rings is 1. The number of aromatic nitrogens is 3. The molecule has 1 atom stereocenters. The maximum Gasteiger partial charge on any atom is 0.215 e. The topological polar surface area (TPSA) is 62.8 Å². The highest BCUT2D eigenvalue weighted by Crippen LogP contribution is 2.37. The van der Waals surface area contributed by atoms with Crippen molar-refractivity contribution < 1.29 is 4.74 Å². The Hall–Kier alpha value is -1.62. The third-order valence-electron chi connectivity index (χ3n) is 4.29. The lowest BCUT2D eigenvalue weighted by Gasteiger charge is -2.30. The number of hydrogen-bond donors (Lipinski definition) is 2. The van der Waals surface area contributed by atoms with Gasteiger partial charge in [0.15, 0.2) is 5.65 Å². The van der Waals surface area contributed by atoms with E-state index in [9.17, 15) is 0 Å². The van der Waals surface area contributed by atoms with Crippen LogP contribution in [-0.4, -0.2) is 35.2 Å². The molecule has 1 aliphatic rings. The number of pyridine rings is 1. The van der Waals surface area contributed by atoms with Crippen LogP contribution in [0.25, 0.3) is 11.2 Å². The van der Waals surface area contributed by atoms with E-state index in [2.05, 4.69) is 29.1 Å². The standard InChI is InChI=1S/C14H20N4O/c1-9(2)14(6-7-15-8-14)13-16-10-4-5-11(19-3)17-12(10)18-13/h4-5,9,15H,6-8H2,1-3H3,(H,16,17,18). The lowest BCUT2D eigenvalue weighted by molar-refractivity contribution is 0.320. The predicted octanol–water partition coefficient (Wildman–Crippen LogP) is 1.85. The molecule has 0 aliphatic carbocycles. The maximum atomic E-state index is 5.15. The van der Waals surface area contributed by atoms with Crippen LogP contribution < -0.4 is 10.1 Å². The molecule has 5 heteroatoms. The van der Waals surface area contributed by atoms with Crippen LogP contribution in [0.3, 0.4) is 0 Å². The van der Waals surface area contributed by atoms with Crippen LogP contribution in [0.1, 0.15) is 26.1 Å². The number of rotatable bonds is 3. The first-order valence-electron chi connectivity index (χ1n) is 6.78.